The summed E-state index contributed by atoms with van der Waals surface area (Å²) in [5.74, 6) is 3.80. The Balaban J connectivity index is 1.28. The zero-order valence-corrected chi connectivity index (χ0v) is 15.3. The second-order valence-electron chi connectivity index (χ2n) is 6.75. The van der Waals surface area contributed by atoms with Crippen molar-refractivity contribution in [1.29, 1.82) is 0 Å². The monoisotopic (exact) mass is 388 g/mol. The van der Waals surface area contributed by atoms with Gasteiger partial charge in [0.05, 0.1) is 6.20 Å². The molecule has 0 aliphatic carbocycles. The molecular formula is C21H16N4O4. The molecule has 0 amide bonds. The van der Waals surface area contributed by atoms with Gasteiger partial charge in [0.15, 0.2) is 28.6 Å². The van der Waals surface area contributed by atoms with Gasteiger partial charge in [0.25, 0.3) is 0 Å². The predicted octanol–water partition coefficient (Wildman–Crippen LogP) is 3.47. The molecule has 2 aromatic heterocycles. The van der Waals surface area contributed by atoms with Gasteiger partial charge in [-0.1, -0.05) is 12.1 Å². The highest BCUT2D eigenvalue weighted by molar-refractivity contribution is 5.79. The number of nitrogens with zero attached hydrogens (tertiary/aromatic N) is 3. The normalized spacial score (nSPS) is 13.8. The van der Waals surface area contributed by atoms with Crippen molar-refractivity contribution in [1.82, 2.24) is 14.6 Å². The summed E-state index contributed by atoms with van der Waals surface area (Å²) >= 11 is 0. The van der Waals surface area contributed by atoms with Crippen molar-refractivity contribution in [3.63, 3.8) is 0 Å². The number of rotatable bonds is 4. The number of hydrogen-bond donors (Lipinski definition) is 1. The van der Waals surface area contributed by atoms with Crippen LogP contribution < -0.4 is 24.3 Å². The van der Waals surface area contributed by atoms with Crippen molar-refractivity contribution >= 4 is 11.5 Å². The minimum absolute atomic E-state index is 0.250. The van der Waals surface area contributed by atoms with Crippen LogP contribution in [0.5, 0.6) is 23.0 Å². The largest absolute Gasteiger partial charge is 0.454 e. The Morgan fingerprint density at radius 1 is 0.862 bits per heavy atom. The minimum atomic E-state index is 0.250. The molecule has 0 saturated heterocycles. The van der Waals surface area contributed by atoms with Crippen LogP contribution in [0.4, 0.5) is 5.82 Å². The molecule has 0 atom stereocenters. The van der Waals surface area contributed by atoms with Gasteiger partial charge < -0.3 is 24.3 Å². The SMILES string of the molecule is c1cc2c(cc1CNc1ccn3ncc(-c4ccc5c(c4)OCO5)c3n1)OCO2. The van der Waals surface area contributed by atoms with Crippen LogP contribution in [-0.4, -0.2) is 28.2 Å². The molecule has 144 valence electrons. The van der Waals surface area contributed by atoms with Gasteiger partial charge in [-0.15, -0.1) is 0 Å². The number of ether oxygens (including phenoxy) is 4. The highest BCUT2D eigenvalue weighted by Crippen LogP contribution is 2.37. The number of aromatic nitrogens is 3. The van der Waals surface area contributed by atoms with E-state index in [-0.39, 0.29) is 13.6 Å². The van der Waals surface area contributed by atoms with Crippen LogP contribution in [0.25, 0.3) is 16.8 Å². The van der Waals surface area contributed by atoms with Gasteiger partial charge in [0, 0.05) is 18.3 Å². The Kier molecular flexibility index (Phi) is 3.49. The molecule has 2 aromatic carbocycles. The Morgan fingerprint density at radius 3 is 2.48 bits per heavy atom. The quantitative estimate of drug-likeness (QED) is 0.573. The maximum atomic E-state index is 5.49. The van der Waals surface area contributed by atoms with E-state index in [1.54, 1.807) is 4.52 Å². The molecule has 0 bridgehead atoms. The maximum absolute atomic E-state index is 5.49. The average Bonchev–Trinajstić information content (AvgIpc) is 3.49. The second-order valence-corrected chi connectivity index (χ2v) is 6.75. The third-order valence-electron chi connectivity index (χ3n) is 4.96. The maximum Gasteiger partial charge on any atom is 0.231 e. The van der Waals surface area contributed by atoms with Gasteiger partial charge >= 0.3 is 0 Å². The Labute approximate surface area is 165 Å². The number of nitrogens with one attached hydrogen (secondary N) is 1. The highest BCUT2D eigenvalue weighted by atomic mass is 16.7. The number of fused-ring (bicyclic) bond motifs is 3. The lowest BCUT2D eigenvalue weighted by atomic mass is 10.1. The zero-order chi connectivity index (χ0) is 19.2. The molecule has 8 heteroatoms. The van der Waals surface area contributed by atoms with E-state index < -0.39 is 0 Å². The van der Waals surface area contributed by atoms with Gasteiger partial charge in [-0.25, -0.2) is 9.50 Å². The van der Waals surface area contributed by atoms with Crippen molar-refractivity contribution < 1.29 is 18.9 Å². The van der Waals surface area contributed by atoms with Crippen LogP contribution >= 0.6 is 0 Å². The van der Waals surface area contributed by atoms with E-state index in [1.165, 1.54) is 0 Å². The average molecular weight is 388 g/mol. The van der Waals surface area contributed by atoms with E-state index in [9.17, 15) is 0 Å². The van der Waals surface area contributed by atoms with Gasteiger partial charge in [-0.05, 0) is 41.5 Å². The fourth-order valence-corrected chi connectivity index (χ4v) is 3.48. The molecule has 2 aliphatic rings. The topological polar surface area (TPSA) is 79.1 Å². The van der Waals surface area contributed by atoms with Crippen molar-refractivity contribution in [3.8, 4) is 34.1 Å². The van der Waals surface area contributed by atoms with Gasteiger partial charge in [-0.3, -0.25) is 0 Å². The highest BCUT2D eigenvalue weighted by Gasteiger charge is 2.17. The van der Waals surface area contributed by atoms with Crippen LogP contribution in [0.1, 0.15) is 5.56 Å². The van der Waals surface area contributed by atoms with Crippen LogP contribution in [0, 0.1) is 0 Å². The van der Waals surface area contributed by atoms with Crippen LogP contribution in [0.3, 0.4) is 0 Å². The number of anilines is 1. The van der Waals surface area contributed by atoms with E-state index in [0.717, 1.165) is 51.2 Å². The lowest BCUT2D eigenvalue weighted by Gasteiger charge is -2.08. The first-order valence-electron chi connectivity index (χ1n) is 9.20. The first-order chi connectivity index (χ1) is 14.3. The fraction of sp³-hybridized carbons (Fsp3) is 0.143. The van der Waals surface area contributed by atoms with Crippen LogP contribution in [0.2, 0.25) is 0 Å². The predicted molar refractivity (Wildman–Crippen MR) is 104 cm³/mol. The molecule has 4 heterocycles. The van der Waals surface area contributed by atoms with Crippen LogP contribution in [-0.2, 0) is 6.54 Å². The molecular weight excluding hydrogens is 372 g/mol. The summed E-state index contributed by atoms with van der Waals surface area (Å²) in [6, 6.07) is 13.7. The molecule has 4 aromatic rings. The zero-order valence-electron chi connectivity index (χ0n) is 15.3. The third kappa shape index (κ3) is 2.77. The summed E-state index contributed by atoms with van der Waals surface area (Å²) in [6.07, 6.45) is 3.70. The summed E-state index contributed by atoms with van der Waals surface area (Å²) in [6.45, 7) is 1.14. The van der Waals surface area contributed by atoms with Gasteiger partial charge in [0.1, 0.15) is 5.82 Å². The van der Waals surface area contributed by atoms with Crippen molar-refractivity contribution in [3.05, 3.63) is 60.4 Å². The summed E-state index contributed by atoms with van der Waals surface area (Å²) in [5.41, 5.74) is 3.75. The molecule has 0 spiro atoms. The number of benzene rings is 2. The molecule has 2 aliphatic heterocycles. The lowest BCUT2D eigenvalue weighted by Crippen LogP contribution is -2.03. The second kappa shape index (κ2) is 6.30. The molecule has 0 fully saturated rings. The third-order valence-corrected chi connectivity index (χ3v) is 4.96. The van der Waals surface area contributed by atoms with Gasteiger partial charge in [0.2, 0.25) is 13.6 Å². The molecule has 8 nitrogen and oxygen atoms in total. The molecule has 29 heavy (non-hydrogen) atoms. The van der Waals surface area contributed by atoms with Crippen molar-refractivity contribution in [2.24, 2.45) is 0 Å². The number of hydrogen-bond acceptors (Lipinski definition) is 7. The van der Waals surface area contributed by atoms with Gasteiger partial charge in [-0.2, -0.15) is 5.10 Å². The Bertz CT molecular complexity index is 1240. The van der Waals surface area contributed by atoms with Crippen molar-refractivity contribution in [2.75, 3.05) is 18.9 Å². The summed E-state index contributed by atoms with van der Waals surface area (Å²) in [5, 5.41) is 7.77. The fourth-order valence-electron chi connectivity index (χ4n) is 3.48. The van der Waals surface area contributed by atoms with E-state index in [1.807, 2.05) is 54.9 Å². The first-order valence-corrected chi connectivity index (χ1v) is 9.20. The van der Waals surface area contributed by atoms with Crippen molar-refractivity contribution in [2.45, 2.75) is 6.54 Å². The van der Waals surface area contributed by atoms with E-state index in [2.05, 4.69) is 10.4 Å². The van der Waals surface area contributed by atoms with E-state index in [0.29, 0.717) is 6.54 Å². The smallest absolute Gasteiger partial charge is 0.231 e. The van der Waals surface area contributed by atoms with E-state index in [4.69, 9.17) is 23.9 Å². The Morgan fingerprint density at radius 2 is 1.62 bits per heavy atom. The summed E-state index contributed by atoms with van der Waals surface area (Å²) in [4.78, 5) is 4.75. The van der Waals surface area contributed by atoms with Crippen LogP contribution in [0.15, 0.2) is 54.9 Å². The minimum Gasteiger partial charge on any atom is -0.454 e. The molecule has 0 saturated carbocycles. The first kappa shape index (κ1) is 16.1. The standard InChI is InChI=1S/C21H16N4O4/c1-3-16-18(28-11-26-16)7-13(1)9-22-20-5-6-25-21(24-20)15(10-23-25)14-2-4-17-19(8-14)29-12-27-17/h1-8,10H,9,11-12H2,(H,22,24). The summed E-state index contributed by atoms with van der Waals surface area (Å²) < 4.78 is 23.4. The molecule has 0 radical (unpaired) electrons. The summed E-state index contributed by atoms with van der Waals surface area (Å²) in [7, 11) is 0. The molecule has 1 N–H and O–H groups in total. The molecule has 6 rings (SSSR count). The van der Waals surface area contributed by atoms with E-state index >= 15 is 0 Å². The lowest BCUT2D eigenvalue weighted by molar-refractivity contribution is 0.173. The Hall–Kier alpha value is -3.94. The molecule has 0 unspecified atom stereocenters.